The number of carbonyl (C=O) groups is 1. The number of hydrogen-bond donors (Lipinski definition) is 0. The van der Waals surface area contributed by atoms with E-state index in [0.29, 0.717) is 18.4 Å². The Balaban J connectivity index is 1.43. The molecule has 2 atom stereocenters. The molecule has 2 saturated heterocycles. The van der Waals surface area contributed by atoms with Gasteiger partial charge in [-0.3, -0.25) is 9.69 Å². The number of morpholine rings is 1. The molecule has 0 aliphatic carbocycles. The lowest BCUT2D eigenvalue weighted by atomic mass is 10.0. The quantitative estimate of drug-likeness (QED) is 0.845. The van der Waals surface area contributed by atoms with Gasteiger partial charge in [0.25, 0.3) is 0 Å². The van der Waals surface area contributed by atoms with Crippen LogP contribution in [-0.2, 0) is 16.0 Å². The Morgan fingerprint density at radius 1 is 1.32 bits per heavy atom. The third-order valence-electron chi connectivity index (χ3n) is 5.50. The number of ether oxygens (including phenoxy) is 1. The van der Waals surface area contributed by atoms with Crippen molar-refractivity contribution in [3.05, 3.63) is 35.8 Å². The summed E-state index contributed by atoms with van der Waals surface area (Å²) in [4.78, 5) is 21.9. The SMILES string of the molecule is Cc1cccn2cc(CC(=O)N3C[C@@H](C)[C@H](N4CCOCC4)C3)nc12. The van der Waals surface area contributed by atoms with Gasteiger partial charge in [0, 0.05) is 44.6 Å². The molecule has 2 aliphatic heterocycles. The van der Waals surface area contributed by atoms with Gasteiger partial charge in [0.05, 0.1) is 25.3 Å². The molecule has 0 radical (unpaired) electrons. The topological polar surface area (TPSA) is 50.1 Å². The highest BCUT2D eigenvalue weighted by Gasteiger charge is 2.36. The van der Waals surface area contributed by atoms with Crippen LogP contribution in [0, 0.1) is 12.8 Å². The van der Waals surface area contributed by atoms with Gasteiger partial charge in [-0.15, -0.1) is 0 Å². The van der Waals surface area contributed by atoms with E-state index in [2.05, 4.69) is 16.8 Å². The van der Waals surface area contributed by atoms with E-state index in [0.717, 1.165) is 56.3 Å². The van der Waals surface area contributed by atoms with Crippen molar-refractivity contribution < 1.29 is 9.53 Å². The molecule has 2 fully saturated rings. The van der Waals surface area contributed by atoms with Crippen LogP contribution < -0.4 is 0 Å². The summed E-state index contributed by atoms with van der Waals surface area (Å²) in [7, 11) is 0. The van der Waals surface area contributed by atoms with Crippen molar-refractivity contribution in [1.29, 1.82) is 0 Å². The van der Waals surface area contributed by atoms with Gasteiger partial charge in [-0.05, 0) is 24.5 Å². The maximum absolute atomic E-state index is 12.8. The lowest BCUT2D eigenvalue weighted by Crippen LogP contribution is -2.47. The minimum absolute atomic E-state index is 0.184. The predicted molar refractivity (Wildman–Crippen MR) is 95.6 cm³/mol. The predicted octanol–water partition coefficient (Wildman–Crippen LogP) is 1.36. The van der Waals surface area contributed by atoms with Gasteiger partial charge in [0.15, 0.2) is 0 Å². The van der Waals surface area contributed by atoms with E-state index in [1.165, 1.54) is 0 Å². The van der Waals surface area contributed by atoms with Gasteiger partial charge < -0.3 is 14.0 Å². The second-order valence-electron chi connectivity index (χ2n) is 7.32. The minimum atomic E-state index is 0.184. The molecule has 4 rings (SSSR count). The summed E-state index contributed by atoms with van der Waals surface area (Å²) in [6.45, 7) is 9.52. The second kappa shape index (κ2) is 6.77. The molecule has 2 aromatic rings. The number of aromatic nitrogens is 2. The summed E-state index contributed by atoms with van der Waals surface area (Å²) in [5.41, 5.74) is 2.91. The average molecular weight is 342 g/mol. The van der Waals surface area contributed by atoms with E-state index < -0.39 is 0 Å². The third-order valence-corrected chi connectivity index (χ3v) is 5.50. The molecule has 0 N–H and O–H groups in total. The van der Waals surface area contributed by atoms with Crippen molar-refractivity contribution >= 4 is 11.6 Å². The molecule has 0 aromatic carbocycles. The van der Waals surface area contributed by atoms with Crippen LogP contribution in [0.3, 0.4) is 0 Å². The van der Waals surface area contributed by atoms with Gasteiger partial charge in [-0.25, -0.2) is 4.98 Å². The maximum atomic E-state index is 12.8. The summed E-state index contributed by atoms with van der Waals surface area (Å²) < 4.78 is 7.45. The van der Waals surface area contributed by atoms with Crippen LogP contribution in [0.2, 0.25) is 0 Å². The van der Waals surface area contributed by atoms with E-state index in [-0.39, 0.29) is 5.91 Å². The number of amides is 1. The summed E-state index contributed by atoms with van der Waals surface area (Å²) in [6, 6.07) is 4.50. The number of pyridine rings is 1. The van der Waals surface area contributed by atoms with Gasteiger partial charge in [0.1, 0.15) is 5.65 Å². The fourth-order valence-electron chi connectivity index (χ4n) is 4.09. The highest BCUT2D eigenvalue weighted by molar-refractivity contribution is 5.79. The number of hydrogen-bond acceptors (Lipinski definition) is 4. The zero-order chi connectivity index (χ0) is 17.4. The molecule has 134 valence electrons. The van der Waals surface area contributed by atoms with Gasteiger partial charge in [0.2, 0.25) is 5.91 Å². The Bertz CT molecular complexity index is 766. The Morgan fingerprint density at radius 2 is 2.12 bits per heavy atom. The molecule has 25 heavy (non-hydrogen) atoms. The fourth-order valence-corrected chi connectivity index (χ4v) is 4.09. The normalized spacial score (nSPS) is 25.0. The number of nitrogens with zero attached hydrogens (tertiary/aromatic N) is 4. The molecule has 0 saturated carbocycles. The monoisotopic (exact) mass is 342 g/mol. The second-order valence-corrected chi connectivity index (χ2v) is 7.32. The van der Waals surface area contributed by atoms with E-state index in [9.17, 15) is 4.79 Å². The Hall–Kier alpha value is -1.92. The highest BCUT2D eigenvalue weighted by atomic mass is 16.5. The van der Waals surface area contributed by atoms with Crippen molar-refractivity contribution in [2.75, 3.05) is 39.4 Å². The minimum Gasteiger partial charge on any atom is -0.379 e. The molecule has 4 heterocycles. The Labute approximate surface area is 148 Å². The van der Waals surface area contributed by atoms with E-state index in [1.807, 2.05) is 40.8 Å². The maximum Gasteiger partial charge on any atom is 0.228 e. The number of likely N-dealkylation sites (tertiary alicyclic amines) is 1. The van der Waals surface area contributed by atoms with Crippen molar-refractivity contribution in [1.82, 2.24) is 19.2 Å². The fraction of sp³-hybridized carbons (Fsp3) is 0.579. The van der Waals surface area contributed by atoms with Crippen LogP contribution >= 0.6 is 0 Å². The zero-order valence-corrected chi connectivity index (χ0v) is 15.0. The van der Waals surface area contributed by atoms with E-state index >= 15 is 0 Å². The van der Waals surface area contributed by atoms with Crippen molar-refractivity contribution in [2.45, 2.75) is 26.3 Å². The first-order valence-electron chi connectivity index (χ1n) is 9.14. The number of fused-ring (bicyclic) bond motifs is 1. The summed E-state index contributed by atoms with van der Waals surface area (Å²) in [5.74, 6) is 0.689. The number of carbonyl (C=O) groups excluding carboxylic acids is 1. The highest BCUT2D eigenvalue weighted by Crippen LogP contribution is 2.23. The van der Waals surface area contributed by atoms with Crippen LogP contribution in [-0.4, -0.2) is 70.5 Å². The van der Waals surface area contributed by atoms with Crippen molar-refractivity contribution in [3.63, 3.8) is 0 Å². The number of rotatable bonds is 3. The molecule has 6 heteroatoms. The summed E-state index contributed by atoms with van der Waals surface area (Å²) in [5, 5.41) is 0. The van der Waals surface area contributed by atoms with Crippen LogP contribution in [0.15, 0.2) is 24.5 Å². The smallest absolute Gasteiger partial charge is 0.228 e. The molecule has 2 aliphatic rings. The first kappa shape index (κ1) is 16.5. The van der Waals surface area contributed by atoms with Gasteiger partial charge in [-0.1, -0.05) is 13.0 Å². The Kier molecular flexibility index (Phi) is 4.48. The first-order valence-corrected chi connectivity index (χ1v) is 9.14. The van der Waals surface area contributed by atoms with Crippen LogP contribution in [0.25, 0.3) is 5.65 Å². The van der Waals surface area contributed by atoms with Crippen LogP contribution in [0.4, 0.5) is 0 Å². The van der Waals surface area contributed by atoms with Gasteiger partial charge >= 0.3 is 0 Å². The molecular weight excluding hydrogens is 316 g/mol. The molecule has 0 bridgehead atoms. The van der Waals surface area contributed by atoms with E-state index in [1.54, 1.807) is 0 Å². The summed E-state index contributed by atoms with van der Waals surface area (Å²) >= 11 is 0. The number of aryl methyl sites for hydroxylation is 1. The van der Waals surface area contributed by atoms with Crippen LogP contribution in [0.5, 0.6) is 0 Å². The van der Waals surface area contributed by atoms with E-state index in [4.69, 9.17) is 4.74 Å². The largest absolute Gasteiger partial charge is 0.379 e. The lowest BCUT2D eigenvalue weighted by Gasteiger charge is -2.33. The van der Waals surface area contributed by atoms with Gasteiger partial charge in [-0.2, -0.15) is 0 Å². The first-order chi connectivity index (χ1) is 12.1. The lowest BCUT2D eigenvalue weighted by molar-refractivity contribution is -0.129. The molecule has 6 nitrogen and oxygen atoms in total. The molecule has 0 unspecified atom stereocenters. The molecule has 0 spiro atoms. The molecular formula is C19H26N4O2. The molecule has 1 amide bonds. The average Bonchev–Trinajstić information content (AvgIpc) is 3.20. The van der Waals surface area contributed by atoms with Crippen molar-refractivity contribution in [3.8, 4) is 0 Å². The van der Waals surface area contributed by atoms with Crippen molar-refractivity contribution in [2.24, 2.45) is 5.92 Å². The Morgan fingerprint density at radius 3 is 2.88 bits per heavy atom. The van der Waals surface area contributed by atoms with Crippen LogP contribution in [0.1, 0.15) is 18.2 Å². The third kappa shape index (κ3) is 3.28. The standard InChI is InChI=1S/C19H26N4O2/c1-14-4-3-5-22-12-16(20-19(14)22)10-18(24)23-11-15(2)17(13-23)21-6-8-25-9-7-21/h3-5,12,15,17H,6-11,13H2,1-2H3/t15-,17-/m1/s1. The number of imidazole rings is 1. The molecule has 2 aromatic heterocycles. The summed E-state index contributed by atoms with van der Waals surface area (Å²) in [6.07, 6.45) is 4.33. The zero-order valence-electron chi connectivity index (χ0n) is 15.0.